The molecule has 0 aliphatic carbocycles. The molecule has 1 amide bonds. The second-order valence-electron chi connectivity index (χ2n) is 6.75. The summed E-state index contributed by atoms with van der Waals surface area (Å²) in [6.07, 6.45) is 2.94. The molecule has 3 heterocycles. The maximum Gasteiger partial charge on any atom is 0.263 e. The molecule has 2 aromatic heterocycles. The number of carbonyl (C=O) groups excluding carboxylic acids is 1. The number of nitrogens with zero attached hydrogens (tertiary/aromatic N) is 4. The second kappa shape index (κ2) is 7.63. The number of hydrogen-bond acceptors (Lipinski definition) is 7. The lowest BCUT2D eigenvalue weighted by molar-refractivity contribution is -0.120. The van der Waals surface area contributed by atoms with Crippen LogP contribution in [0.5, 0.6) is 5.75 Å². The van der Waals surface area contributed by atoms with Gasteiger partial charge in [0.15, 0.2) is 0 Å². The summed E-state index contributed by atoms with van der Waals surface area (Å²) in [5, 5.41) is 8.21. The molecule has 3 aromatic rings. The number of methoxy groups -OCH3 is 1. The number of halogens is 1. The van der Waals surface area contributed by atoms with Crippen molar-refractivity contribution in [1.82, 2.24) is 15.1 Å². The number of benzene rings is 1. The summed E-state index contributed by atoms with van der Waals surface area (Å²) in [4.78, 5) is 23.3. The van der Waals surface area contributed by atoms with Gasteiger partial charge in [-0.05, 0) is 38.0 Å². The maximum absolute atomic E-state index is 12.6. The molecule has 0 radical (unpaired) electrons. The highest BCUT2D eigenvalue weighted by Gasteiger charge is 2.27. The molecule has 4 rings (SSSR count). The van der Waals surface area contributed by atoms with Crippen molar-refractivity contribution in [2.24, 2.45) is 5.92 Å². The maximum atomic E-state index is 12.6. The number of amides is 1. The first-order chi connectivity index (χ1) is 13.6. The Kier molecular flexibility index (Phi) is 5.04. The van der Waals surface area contributed by atoms with E-state index in [9.17, 15) is 4.79 Å². The lowest BCUT2D eigenvalue weighted by atomic mass is 9.95. The highest BCUT2D eigenvalue weighted by molar-refractivity contribution is 6.32. The smallest absolute Gasteiger partial charge is 0.263 e. The largest absolute Gasteiger partial charge is 0.495 e. The summed E-state index contributed by atoms with van der Waals surface area (Å²) < 4.78 is 10.4. The fourth-order valence-electron chi connectivity index (χ4n) is 3.49. The fraction of sp³-hybridized carbons (Fsp3) is 0.368. The monoisotopic (exact) mass is 401 g/mol. The lowest BCUT2D eigenvalue weighted by Gasteiger charge is -2.32. The van der Waals surface area contributed by atoms with Gasteiger partial charge in [-0.1, -0.05) is 16.8 Å². The van der Waals surface area contributed by atoms with Crippen LogP contribution in [0, 0.1) is 12.8 Å². The van der Waals surface area contributed by atoms with Crippen LogP contribution in [0.25, 0.3) is 11.1 Å². The number of fused-ring (bicyclic) bond motifs is 1. The van der Waals surface area contributed by atoms with E-state index in [2.05, 4.69) is 25.3 Å². The molecule has 0 bridgehead atoms. The van der Waals surface area contributed by atoms with Crippen molar-refractivity contribution in [3.05, 3.63) is 35.2 Å². The van der Waals surface area contributed by atoms with E-state index in [4.69, 9.17) is 20.9 Å². The molecule has 28 heavy (non-hydrogen) atoms. The molecule has 9 heteroatoms. The molecule has 1 aromatic carbocycles. The molecular formula is C19H20ClN5O3. The van der Waals surface area contributed by atoms with Crippen LogP contribution in [0.1, 0.15) is 18.5 Å². The van der Waals surface area contributed by atoms with Crippen LogP contribution in [-0.4, -0.2) is 41.2 Å². The Balaban J connectivity index is 1.41. The van der Waals surface area contributed by atoms with Gasteiger partial charge in [0.25, 0.3) is 5.71 Å². The van der Waals surface area contributed by atoms with Gasteiger partial charge in [-0.3, -0.25) is 4.79 Å². The standard InChI is InChI=1S/C19H20ClN5O3/c1-11-16-17(21-10-22-19(16)28-24-11)25-7-5-12(6-8-25)18(26)23-13-3-4-15(27-2)14(20)9-13/h3-4,9-10,12H,5-8H2,1-2H3,(H,23,26). The van der Waals surface area contributed by atoms with Gasteiger partial charge in [-0.2, -0.15) is 4.98 Å². The van der Waals surface area contributed by atoms with E-state index in [0.29, 0.717) is 22.2 Å². The van der Waals surface area contributed by atoms with Crippen LogP contribution < -0.4 is 15.0 Å². The number of nitrogens with one attached hydrogen (secondary N) is 1. The van der Waals surface area contributed by atoms with E-state index < -0.39 is 0 Å². The number of hydrogen-bond donors (Lipinski definition) is 1. The quantitative estimate of drug-likeness (QED) is 0.715. The molecule has 0 spiro atoms. The van der Waals surface area contributed by atoms with Crippen LogP contribution >= 0.6 is 11.6 Å². The number of ether oxygens (including phenoxy) is 1. The second-order valence-corrected chi connectivity index (χ2v) is 7.15. The van der Waals surface area contributed by atoms with E-state index in [1.54, 1.807) is 25.3 Å². The summed E-state index contributed by atoms with van der Waals surface area (Å²) >= 11 is 6.13. The number of rotatable bonds is 4. The third-order valence-electron chi connectivity index (χ3n) is 5.01. The number of aromatic nitrogens is 3. The third-order valence-corrected chi connectivity index (χ3v) is 5.30. The van der Waals surface area contributed by atoms with Crippen molar-refractivity contribution < 1.29 is 14.1 Å². The summed E-state index contributed by atoms with van der Waals surface area (Å²) in [6, 6.07) is 5.21. The van der Waals surface area contributed by atoms with Crippen molar-refractivity contribution in [2.75, 3.05) is 30.4 Å². The van der Waals surface area contributed by atoms with Gasteiger partial charge in [-0.15, -0.1) is 0 Å². The van der Waals surface area contributed by atoms with Crippen LogP contribution in [0.3, 0.4) is 0 Å². The first-order valence-corrected chi connectivity index (χ1v) is 9.41. The first kappa shape index (κ1) is 18.5. The van der Waals surface area contributed by atoms with Crippen molar-refractivity contribution in [3.63, 3.8) is 0 Å². The van der Waals surface area contributed by atoms with Crippen molar-refractivity contribution >= 4 is 40.1 Å². The van der Waals surface area contributed by atoms with Crippen molar-refractivity contribution in [2.45, 2.75) is 19.8 Å². The number of piperidine rings is 1. The predicted octanol–water partition coefficient (Wildman–Crippen LogP) is 3.44. The Morgan fingerprint density at radius 1 is 1.32 bits per heavy atom. The molecule has 8 nitrogen and oxygen atoms in total. The van der Waals surface area contributed by atoms with E-state index in [1.807, 2.05) is 6.92 Å². The zero-order valence-corrected chi connectivity index (χ0v) is 16.4. The zero-order chi connectivity index (χ0) is 19.7. The van der Waals surface area contributed by atoms with Crippen LogP contribution in [0.15, 0.2) is 29.0 Å². The van der Waals surface area contributed by atoms with Gasteiger partial charge in [-0.25, -0.2) is 4.98 Å². The number of anilines is 2. The van der Waals surface area contributed by atoms with Crippen molar-refractivity contribution in [3.8, 4) is 5.75 Å². The Hall–Kier alpha value is -2.87. The van der Waals surface area contributed by atoms with E-state index >= 15 is 0 Å². The van der Waals surface area contributed by atoms with E-state index in [1.165, 1.54) is 6.33 Å². The Labute approximate surface area is 166 Å². The summed E-state index contributed by atoms with van der Waals surface area (Å²) in [5.74, 6) is 1.31. The SMILES string of the molecule is COc1ccc(NC(=O)C2CCN(c3ncnc4onc(C)c34)CC2)cc1Cl. The minimum absolute atomic E-state index is 0.00474. The minimum atomic E-state index is -0.0713. The average Bonchev–Trinajstić information content (AvgIpc) is 3.09. The zero-order valence-electron chi connectivity index (χ0n) is 15.6. The lowest BCUT2D eigenvalue weighted by Crippen LogP contribution is -2.38. The molecule has 1 aliphatic heterocycles. The predicted molar refractivity (Wildman–Crippen MR) is 106 cm³/mol. The normalized spacial score (nSPS) is 15.0. The summed E-state index contributed by atoms with van der Waals surface area (Å²) in [6.45, 7) is 3.31. The number of carbonyl (C=O) groups is 1. The molecule has 0 atom stereocenters. The summed E-state index contributed by atoms with van der Waals surface area (Å²) in [5.41, 5.74) is 1.91. The Morgan fingerprint density at radius 3 is 2.82 bits per heavy atom. The highest BCUT2D eigenvalue weighted by atomic mass is 35.5. The van der Waals surface area contributed by atoms with Gasteiger partial charge in [0, 0.05) is 24.7 Å². The minimum Gasteiger partial charge on any atom is -0.495 e. The molecule has 146 valence electrons. The van der Waals surface area contributed by atoms with Gasteiger partial charge < -0.3 is 19.5 Å². The van der Waals surface area contributed by atoms with Gasteiger partial charge in [0.1, 0.15) is 23.3 Å². The molecule has 1 aliphatic rings. The fourth-order valence-corrected chi connectivity index (χ4v) is 3.74. The number of aryl methyl sites for hydroxylation is 1. The van der Waals surface area contributed by atoms with E-state index in [0.717, 1.165) is 42.8 Å². The van der Waals surface area contributed by atoms with Crippen molar-refractivity contribution in [1.29, 1.82) is 0 Å². The first-order valence-electron chi connectivity index (χ1n) is 9.03. The molecule has 1 N–H and O–H groups in total. The van der Waals surface area contributed by atoms with Crippen LogP contribution in [0.2, 0.25) is 5.02 Å². The third kappa shape index (κ3) is 3.47. The van der Waals surface area contributed by atoms with Gasteiger partial charge in [0.05, 0.1) is 17.8 Å². The van der Waals surface area contributed by atoms with Gasteiger partial charge in [0.2, 0.25) is 5.91 Å². The molecule has 0 saturated carbocycles. The molecule has 1 fully saturated rings. The molecule has 1 saturated heterocycles. The molecule has 0 unspecified atom stereocenters. The molecular weight excluding hydrogens is 382 g/mol. The highest BCUT2D eigenvalue weighted by Crippen LogP contribution is 2.31. The summed E-state index contributed by atoms with van der Waals surface area (Å²) in [7, 11) is 1.56. The Bertz CT molecular complexity index is 1010. The van der Waals surface area contributed by atoms with E-state index in [-0.39, 0.29) is 11.8 Å². The Morgan fingerprint density at radius 2 is 2.11 bits per heavy atom. The average molecular weight is 402 g/mol. The van der Waals surface area contributed by atoms with Crippen LogP contribution in [0.4, 0.5) is 11.5 Å². The topological polar surface area (TPSA) is 93.4 Å². The van der Waals surface area contributed by atoms with Crippen LogP contribution in [-0.2, 0) is 4.79 Å². The van der Waals surface area contributed by atoms with Gasteiger partial charge >= 0.3 is 0 Å².